The summed E-state index contributed by atoms with van der Waals surface area (Å²) < 4.78 is 7.58. The molecule has 112 valence electrons. The summed E-state index contributed by atoms with van der Waals surface area (Å²) in [4.78, 5) is 18.1. The molecular weight excluding hydrogens is 290 g/mol. The predicted molar refractivity (Wildman–Crippen MR) is 79.2 cm³/mol. The predicted octanol–water partition coefficient (Wildman–Crippen LogP) is 0.679. The minimum absolute atomic E-state index is 0.0373. The lowest BCUT2D eigenvalue weighted by Crippen LogP contribution is -2.47. The summed E-state index contributed by atoms with van der Waals surface area (Å²) in [7, 11) is 0. The molecule has 3 rings (SSSR count). The third kappa shape index (κ3) is 4.10. The van der Waals surface area contributed by atoms with E-state index in [1.165, 1.54) is 11.3 Å². The van der Waals surface area contributed by atoms with E-state index < -0.39 is 0 Å². The number of carbonyl (C=O) groups is 1. The second kappa shape index (κ2) is 6.79. The fraction of sp³-hybridized carbons (Fsp3) is 0.462. The van der Waals surface area contributed by atoms with Crippen LogP contribution in [0.25, 0.3) is 0 Å². The summed E-state index contributed by atoms with van der Waals surface area (Å²) in [5.41, 5.74) is 0. The maximum atomic E-state index is 12.0. The number of carbonyl (C=O) groups excluding carboxylic acids is 1. The zero-order valence-corrected chi connectivity index (χ0v) is 12.3. The molecule has 0 radical (unpaired) electrons. The second-order valence-corrected chi connectivity index (χ2v) is 5.74. The molecule has 1 saturated heterocycles. The fourth-order valence-corrected chi connectivity index (χ4v) is 2.84. The van der Waals surface area contributed by atoms with Gasteiger partial charge in [-0.15, -0.1) is 11.3 Å². The van der Waals surface area contributed by atoms with Crippen molar-refractivity contribution in [3.63, 3.8) is 0 Å². The number of rotatable bonds is 5. The molecule has 0 saturated carbocycles. The highest BCUT2D eigenvalue weighted by atomic mass is 32.1. The molecule has 2 aromatic rings. The largest absolute Gasteiger partial charge is 0.374 e. The van der Waals surface area contributed by atoms with Crippen LogP contribution in [0.4, 0.5) is 5.13 Å². The molecule has 1 amide bonds. The first-order valence-corrected chi connectivity index (χ1v) is 7.68. The molecule has 0 bridgehead atoms. The summed E-state index contributed by atoms with van der Waals surface area (Å²) in [5, 5.41) is 9.45. The molecular formula is C13H17N5O2S. The topological polar surface area (TPSA) is 72.3 Å². The van der Waals surface area contributed by atoms with E-state index >= 15 is 0 Å². The number of hydrogen-bond acceptors (Lipinski definition) is 6. The second-order valence-electron chi connectivity index (χ2n) is 4.84. The molecule has 1 unspecified atom stereocenters. The Morgan fingerprint density at radius 1 is 1.52 bits per heavy atom. The molecule has 0 aliphatic carbocycles. The van der Waals surface area contributed by atoms with Crippen molar-refractivity contribution in [2.24, 2.45) is 0 Å². The van der Waals surface area contributed by atoms with Crippen molar-refractivity contribution in [3.8, 4) is 0 Å². The molecule has 21 heavy (non-hydrogen) atoms. The fourth-order valence-electron chi connectivity index (χ4n) is 2.30. The minimum atomic E-state index is -0.0373. The van der Waals surface area contributed by atoms with E-state index in [4.69, 9.17) is 4.74 Å². The van der Waals surface area contributed by atoms with Crippen LogP contribution < -0.4 is 5.32 Å². The van der Waals surface area contributed by atoms with Crippen LogP contribution >= 0.6 is 11.3 Å². The Bertz CT molecular complexity index is 557. The van der Waals surface area contributed by atoms with Gasteiger partial charge in [0.05, 0.1) is 25.8 Å². The number of hydrogen-bond donors (Lipinski definition) is 1. The average Bonchev–Trinajstić information content (AvgIpc) is 3.12. The van der Waals surface area contributed by atoms with Gasteiger partial charge in [-0.3, -0.25) is 14.4 Å². The number of thiazole rings is 1. The maximum absolute atomic E-state index is 12.0. The molecule has 1 atom stereocenters. The zero-order valence-electron chi connectivity index (χ0n) is 11.5. The quantitative estimate of drug-likeness (QED) is 0.879. The highest BCUT2D eigenvalue weighted by molar-refractivity contribution is 7.13. The maximum Gasteiger partial charge on any atom is 0.240 e. The SMILES string of the molecule is O=C(CN1CCOC(Cn2cccn2)C1)Nc1nccs1. The molecule has 7 nitrogen and oxygen atoms in total. The molecule has 2 aromatic heterocycles. The highest BCUT2D eigenvalue weighted by Gasteiger charge is 2.22. The summed E-state index contributed by atoms with van der Waals surface area (Å²) in [6.45, 7) is 3.19. The molecule has 1 aliphatic heterocycles. The first kappa shape index (κ1) is 14.2. The standard InChI is InChI=1S/C13H17N5O2S/c19-12(16-13-14-3-7-21-13)10-17-5-6-20-11(8-17)9-18-4-1-2-15-18/h1-4,7,11H,5-6,8-10H2,(H,14,16,19). The number of anilines is 1. The summed E-state index contributed by atoms with van der Waals surface area (Å²) in [6, 6.07) is 1.89. The van der Waals surface area contributed by atoms with Crippen LogP contribution in [0.1, 0.15) is 0 Å². The average molecular weight is 307 g/mol. The van der Waals surface area contributed by atoms with Gasteiger partial charge in [0.2, 0.25) is 5.91 Å². The van der Waals surface area contributed by atoms with Gasteiger partial charge in [-0.1, -0.05) is 0 Å². The monoisotopic (exact) mass is 307 g/mol. The number of nitrogens with one attached hydrogen (secondary N) is 1. The van der Waals surface area contributed by atoms with Crippen molar-refractivity contribution in [1.82, 2.24) is 19.7 Å². The molecule has 0 spiro atoms. The van der Waals surface area contributed by atoms with Crippen LogP contribution in [0.3, 0.4) is 0 Å². The normalized spacial score (nSPS) is 19.5. The smallest absolute Gasteiger partial charge is 0.240 e. The molecule has 1 aliphatic rings. The lowest BCUT2D eigenvalue weighted by molar-refractivity contribution is -0.119. The Morgan fingerprint density at radius 3 is 3.24 bits per heavy atom. The van der Waals surface area contributed by atoms with Crippen molar-refractivity contribution in [2.45, 2.75) is 12.6 Å². The van der Waals surface area contributed by atoms with Gasteiger partial charge in [-0.25, -0.2) is 4.98 Å². The van der Waals surface area contributed by atoms with Gasteiger partial charge in [0.1, 0.15) is 0 Å². The number of ether oxygens (including phenoxy) is 1. The third-order valence-corrected chi connectivity index (χ3v) is 3.91. The lowest BCUT2D eigenvalue weighted by Gasteiger charge is -2.32. The Labute approximate surface area is 126 Å². The van der Waals surface area contributed by atoms with E-state index in [0.717, 1.165) is 13.1 Å². The van der Waals surface area contributed by atoms with E-state index in [0.29, 0.717) is 24.8 Å². The molecule has 0 aromatic carbocycles. The number of morpholine rings is 1. The van der Waals surface area contributed by atoms with Gasteiger partial charge in [0, 0.05) is 37.1 Å². The number of aromatic nitrogens is 3. The summed E-state index contributed by atoms with van der Waals surface area (Å²) in [5.74, 6) is -0.0373. The van der Waals surface area contributed by atoms with Gasteiger partial charge >= 0.3 is 0 Å². The number of amides is 1. The molecule has 3 heterocycles. The zero-order chi connectivity index (χ0) is 14.5. The Kier molecular flexibility index (Phi) is 4.59. The van der Waals surface area contributed by atoms with Gasteiger partial charge < -0.3 is 10.1 Å². The van der Waals surface area contributed by atoms with Gasteiger partial charge in [-0.05, 0) is 6.07 Å². The van der Waals surface area contributed by atoms with E-state index in [1.807, 2.05) is 22.3 Å². The van der Waals surface area contributed by atoms with Gasteiger partial charge in [0.25, 0.3) is 0 Å². The first-order chi connectivity index (χ1) is 10.3. The molecule has 1 N–H and O–H groups in total. The lowest BCUT2D eigenvalue weighted by atomic mass is 10.2. The summed E-state index contributed by atoms with van der Waals surface area (Å²) >= 11 is 1.42. The molecule has 1 fully saturated rings. The summed E-state index contributed by atoms with van der Waals surface area (Å²) in [6.07, 6.45) is 5.40. The highest BCUT2D eigenvalue weighted by Crippen LogP contribution is 2.11. The van der Waals surface area contributed by atoms with E-state index in [-0.39, 0.29) is 12.0 Å². The van der Waals surface area contributed by atoms with E-state index in [1.54, 1.807) is 12.4 Å². The van der Waals surface area contributed by atoms with E-state index in [9.17, 15) is 4.79 Å². The molecule has 8 heteroatoms. The van der Waals surface area contributed by atoms with Crippen molar-refractivity contribution in [1.29, 1.82) is 0 Å². The Morgan fingerprint density at radius 2 is 2.48 bits per heavy atom. The Balaban J connectivity index is 1.48. The number of nitrogens with zero attached hydrogens (tertiary/aromatic N) is 4. The van der Waals surface area contributed by atoms with Crippen LogP contribution in [0.15, 0.2) is 30.0 Å². The first-order valence-electron chi connectivity index (χ1n) is 6.80. The van der Waals surface area contributed by atoms with Crippen LogP contribution in [0, 0.1) is 0 Å². The van der Waals surface area contributed by atoms with E-state index in [2.05, 4.69) is 20.3 Å². The van der Waals surface area contributed by atoms with Crippen LogP contribution in [-0.4, -0.2) is 57.9 Å². The van der Waals surface area contributed by atoms with Crippen molar-refractivity contribution >= 4 is 22.4 Å². The minimum Gasteiger partial charge on any atom is -0.374 e. The van der Waals surface area contributed by atoms with Crippen molar-refractivity contribution in [2.75, 3.05) is 31.6 Å². The van der Waals surface area contributed by atoms with Crippen molar-refractivity contribution in [3.05, 3.63) is 30.0 Å². The van der Waals surface area contributed by atoms with Crippen LogP contribution in [-0.2, 0) is 16.1 Å². The third-order valence-electron chi connectivity index (χ3n) is 3.22. The van der Waals surface area contributed by atoms with Crippen LogP contribution in [0.5, 0.6) is 0 Å². The van der Waals surface area contributed by atoms with Gasteiger partial charge in [-0.2, -0.15) is 5.10 Å². The van der Waals surface area contributed by atoms with Crippen molar-refractivity contribution < 1.29 is 9.53 Å². The Hall–Kier alpha value is -1.77. The van der Waals surface area contributed by atoms with Crippen LogP contribution in [0.2, 0.25) is 0 Å². The van der Waals surface area contributed by atoms with Gasteiger partial charge in [0.15, 0.2) is 5.13 Å².